The maximum absolute atomic E-state index is 14.3. The van der Waals surface area contributed by atoms with Gasteiger partial charge in [0.15, 0.2) is 0 Å². The van der Waals surface area contributed by atoms with Crippen molar-refractivity contribution >= 4 is 5.91 Å². The van der Waals surface area contributed by atoms with Crippen LogP contribution >= 0.6 is 0 Å². The zero-order valence-electron chi connectivity index (χ0n) is 23.2. The van der Waals surface area contributed by atoms with Gasteiger partial charge in [-0.05, 0) is 68.1 Å². The van der Waals surface area contributed by atoms with Gasteiger partial charge in [-0.15, -0.1) is 0 Å². The van der Waals surface area contributed by atoms with Crippen LogP contribution in [0.3, 0.4) is 0 Å². The monoisotopic (exact) mass is 562 g/mol. The molecule has 0 bridgehead atoms. The summed E-state index contributed by atoms with van der Waals surface area (Å²) in [5.74, 6) is -2.74. The fraction of sp³-hybridized carbons (Fsp3) is 0.312. The largest absolute Gasteiger partial charge is 0.338 e. The van der Waals surface area contributed by atoms with Crippen LogP contribution in [-0.4, -0.2) is 50.7 Å². The van der Waals surface area contributed by atoms with Crippen molar-refractivity contribution in [3.8, 4) is 5.69 Å². The van der Waals surface area contributed by atoms with Crippen LogP contribution in [0, 0.1) is 24.4 Å². The number of carbonyl (C=O) groups excluding carboxylic acids is 1. The van der Waals surface area contributed by atoms with Crippen LogP contribution in [0.4, 0.5) is 13.2 Å². The van der Waals surface area contributed by atoms with E-state index in [4.69, 9.17) is 0 Å². The number of rotatable bonds is 8. The minimum Gasteiger partial charge on any atom is -0.338 e. The predicted octanol–water partition coefficient (Wildman–Crippen LogP) is 5.25. The fourth-order valence-corrected chi connectivity index (χ4v) is 5.62. The second-order valence-electron chi connectivity index (χ2n) is 10.5. The van der Waals surface area contributed by atoms with Crippen molar-refractivity contribution in [2.24, 2.45) is 7.05 Å². The van der Waals surface area contributed by atoms with Crippen LogP contribution in [0.5, 0.6) is 0 Å². The van der Waals surface area contributed by atoms with Gasteiger partial charge >= 0.3 is 0 Å². The Morgan fingerprint density at radius 1 is 0.902 bits per heavy atom. The second kappa shape index (κ2) is 12.2. The Bertz CT molecular complexity index is 1550. The minimum absolute atomic E-state index is 0.0616. The molecule has 214 valence electrons. The lowest BCUT2D eigenvalue weighted by Crippen LogP contribution is -2.47. The molecule has 1 fully saturated rings. The molecule has 6 nitrogen and oxygen atoms in total. The van der Waals surface area contributed by atoms with Crippen LogP contribution in [-0.2, 0) is 20.0 Å². The summed E-state index contributed by atoms with van der Waals surface area (Å²) in [6, 6.07) is 19.4. The highest BCUT2D eigenvalue weighted by atomic mass is 19.1. The molecule has 41 heavy (non-hydrogen) atoms. The summed E-state index contributed by atoms with van der Waals surface area (Å²) in [5.41, 5.74) is 2.53. The van der Waals surface area contributed by atoms with E-state index < -0.39 is 23.1 Å². The molecule has 1 aliphatic rings. The van der Waals surface area contributed by atoms with E-state index in [2.05, 4.69) is 17.0 Å². The van der Waals surface area contributed by atoms with Crippen LogP contribution < -0.4 is 5.56 Å². The molecule has 5 rings (SSSR count). The highest BCUT2D eigenvalue weighted by Gasteiger charge is 2.31. The van der Waals surface area contributed by atoms with Crippen LogP contribution in [0.2, 0.25) is 0 Å². The Kier molecular flexibility index (Phi) is 8.44. The average Bonchev–Trinajstić information content (AvgIpc) is 3.18. The number of piperidine rings is 1. The molecule has 9 heteroatoms. The first-order valence-corrected chi connectivity index (χ1v) is 13.8. The maximum Gasteiger partial charge on any atom is 0.276 e. The van der Waals surface area contributed by atoms with Gasteiger partial charge in [0.2, 0.25) is 0 Å². The van der Waals surface area contributed by atoms with Crippen molar-refractivity contribution in [2.75, 3.05) is 19.6 Å². The van der Waals surface area contributed by atoms with Crippen LogP contribution in [0.1, 0.15) is 40.0 Å². The Hall–Kier alpha value is -4.11. The van der Waals surface area contributed by atoms with Crippen molar-refractivity contribution in [1.82, 2.24) is 19.2 Å². The van der Waals surface area contributed by atoms with E-state index >= 15 is 0 Å². The first-order chi connectivity index (χ1) is 19.7. The summed E-state index contributed by atoms with van der Waals surface area (Å²) >= 11 is 0. The molecular weight excluding hydrogens is 529 g/mol. The van der Waals surface area contributed by atoms with E-state index in [1.54, 1.807) is 21.5 Å². The lowest BCUT2D eigenvalue weighted by Gasteiger charge is -2.38. The molecule has 1 aliphatic heterocycles. The predicted molar refractivity (Wildman–Crippen MR) is 152 cm³/mol. The molecule has 1 saturated heterocycles. The molecular formula is C32H33F3N4O2. The lowest BCUT2D eigenvalue weighted by atomic mass is 10.00. The molecule has 1 amide bonds. The third-order valence-electron chi connectivity index (χ3n) is 8.08. The summed E-state index contributed by atoms with van der Waals surface area (Å²) in [5, 5.41) is 0. The molecule has 3 aromatic carbocycles. The number of amides is 1. The number of hydrogen-bond donors (Lipinski definition) is 0. The summed E-state index contributed by atoms with van der Waals surface area (Å²) in [6.45, 7) is 3.70. The van der Waals surface area contributed by atoms with E-state index in [1.165, 1.54) is 28.7 Å². The molecule has 4 aromatic rings. The van der Waals surface area contributed by atoms with Gasteiger partial charge in [0.1, 0.15) is 23.0 Å². The third-order valence-corrected chi connectivity index (χ3v) is 8.08. The van der Waals surface area contributed by atoms with Crippen molar-refractivity contribution in [3.05, 3.63) is 123 Å². The smallest absolute Gasteiger partial charge is 0.276 e. The molecule has 0 saturated carbocycles. The SMILES string of the molecule is Cc1c(CN(CCc2ccccc2)C2CCN(C(=O)c3c(F)cccc3F)CC2)c(=O)n(-c2ccc(F)cc2)n1C. The number of halogens is 3. The van der Waals surface area contributed by atoms with Gasteiger partial charge in [-0.2, -0.15) is 0 Å². The maximum atomic E-state index is 14.3. The van der Waals surface area contributed by atoms with Crippen LogP contribution in [0.25, 0.3) is 5.69 Å². The molecule has 1 aromatic heterocycles. The third kappa shape index (κ3) is 6.00. The van der Waals surface area contributed by atoms with Gasteiger partial charge in [0.25, 0.3) is 11.5 Å². The Morgan fingerprint density at radius 3 is 2.17 bits per heavy atom. The summed E-state index contributed by atoms with van der Waals surface area (Å²) in [6.07, 6.45) is 1.99. The lowest BCUT2D eigenvalue weighted by molar-refractivity contribution is 0.0599. The topological polar surface area (TPSA) is 50.5 Å². The molecule has 2 heterocycles. The summed E-state index contributed by atoms with van der Waals surface area (Å²) in [4.78, 5) is 30.4. The fourth-order valence-electron chi connectivity index (χ4n) is 5.62. The molecule has 0 radical (unpaired) electrons. The molecule has 0 N–H and O–H groups in total. The Labute approximate surface area is 237 Å². The highest BCUT2D eigenvalue weighted by Crippen LogP contribution is 2.24. The van der Waals surface area contributed by atoms with Crippen molar-refractivity contribution in [1.29, 1.82) is 0 Å². The second-order valence-corrected chi connectivity index (χ2v) is 10.5. The van der Waals surface area contributed by atoms with Crippen molar-refractivity contribution < 1.29 is 18.0 Å². The number of benzene rings is 3. The van der Waals surface area contributed by atoms with Gasteiger partial charge in [0, 0.05) is 45.0 Å². The van der Waals surface area contributed by atoms with Gasteiger partial charge in [-0.25, -0.2) is 17.9 Å². The Balaban J connectivity index is 1.38. The number of nitrogens with zero attached hydrogens (tertiary/aromatic N) is 4. The summed E-state index contributed by atoms with van der Waals surface area (Å²) < 4.78 is 45.4. The van der Waals surface area contributed by atoms with E-state index in [9.17, 15) is 22.8 Å². The molecule has 0 unspecified atom stereocenters. The highest BCUT2D eigenvalue weighted by molar-refractivity contribution is 5.94. The minimum atomic E-state index is -0.862. The standard InChI is InChI=1S/C32H33F3N4O2/c1-22-27(31(40)39(36(22)2)26-13-11-24(33)12-14-26)21-38(18-15-23-7-4-3-5-8-23)25-16-19-37(20-17-25)32(41)30-28(34)9-6-10-29(30)35/h3-14,25H,15-21H2,1-2H3. The Morgan fingerprint density at radius 2 is 1.54 bits per heavy atom. The molecule has 0 aliphatic carbocycles. The first-order valence-electron chi connectivity index (χ1n) is 13.8. The first kappa shape index (κ1) is 28.4. The van der Waals surface area contributed by atoms with E-state index in [0.717, 1.165) is 24.2 Å². The van der Waals surface area contributed by atoms with Gasteiger partial charge < -0.3 is 4.90 Å². The number of aromatic nitrogens is 2. The van der Waals surface area contributed by atoms with Crippen LogP contribution in [0.15, 0.2) is 77.6 Å². The van der Waals surface area contributed by atoms with Crippen molar-refractivity contribution in [2.45, 2.75) is 38.8 Å². The quantitative estimate of drug-likeness (QED) is 0.295. The normalized spacial score (nSPS) is 14.1. The number of likely N-dealkylation sites (tertiary alicyclic amines) is 1. The molecule has 0 spiro atoms. The van der Waals surface area contributed by atoms with Crippen molar-refractivity contribution in [3.63, 3.8) is 0 Å². The van der Waals surface area contributed by atoms with Gasteiger partial charge in [-0.1, -0.05) is 36.4 Å². The van der Waals surface area contributed by atoms with E-state index in [-0.39, 0.29) is 17.4 Å². The zero-order valence-corrected chi connectivity index (χ0v) is 23.2. The number of hydrogen-bond acceptors (Lipinski definition) is 3. The van der Waals surface area contributed by atoms with Gasteiger partial charge in [0.05, 0.1) is 11.3 Å². The van der Waals surface area contributed by atoms with E-state index in [0.29, 0.717) is 50.3 Å². The zero-order chi connectivity index (χ0) is 29.1. The average molecular weight is 563 g/mol. The molecule has 0 atom stereocenters. The number of carbonyl (C=O) groups is 1. The van der Waals surface area contributed by atoms with Gasteiger partial charge in [-0.3, -0.25) is 19.2 Å². The van der Waals surface area contributed by atoms with E-state index in [1.807, 2.05) is 32.2 Å². The summed E-state index contributed by atoms with van der Waals surface area (Å²) in [7, 11) is 1.81.